The van der Waals surface area contributed by atoms with Crippen LogP contribution in [0.5, 0.6) is 0 Å². The van der Waals surface area contributed by atoms with Crippen LogP contribution < -0.4 is 9.80 Å². The maximum atomic E-state index is 11.3. The highest BCUT2D eigenvalue weighted by Crippen LogP contribution is 2.45. The minimum Gasteiger partial charge on any atom is -0.508 e. The molecule has 1 atom stereocenters. The van der Waals surface area contributed by atoms with Gasteiger partial charge in [-0.3, -0.25) is 0 Å². The topological polar surface area (TPSA) is 35.9 Å². The van der Waals surface area contributed by atoms with Crippen molar-refractivity contribution in [3.05, 3.63) is 101 Å². The Kier molecular flexibility index (Phi) is 5.99. The molecular weight excluding hydrogens is 432 g/mol. The number of ether oxygens (including phenoxy) is 1. The fourth-order valence-electron chi connectivity index (χ4n) is 6.05. The number of hydrogen-bond acceptors (Lipinski definition) is 4. The number of piperidine rings is 1. The highest BCUT2D eigenvalue weighted by atomic mass is 16.5. The lowest BCUT2D eigenvalue weighted by molar-refractivity contribution is 0.122. The van der Waals surface area contributed by atoms with Gasteiger partial charge in [0.15, 0.2) is 0 Å². The van der Waals surface area contributed by atoms with E-state index in [2.05, 4.69) is 88.7 Å². The van der Waals surface area contributed by atoms with E-state index >= 15 is 0 Å². The molecule has 4 nitrogen and oxygen atoms in total. The summed E-state index contributed by atoms with van der Waals surface area (Å²) in [6.07, 6.45) is 6.78. The molecular formula is C31H34N2O2. The predicted molar refractivity (Wildman–Crippen MR) is 144 cm³/mol. The maximum Gasteiger partial charge on any atom is 0.120 e. The normalized spacial score (nSPS) is 22.5. The Balaban J connectivity index is 1.41. The Morgan fingerprint density at radius 3 is 2.09 bits per heavy atom. The van der Waals surface area contributed by atoms with Crippen molar-refractivity contribution in [1.82, 2.24) is 0 Å². The molecule has 3 aromatic rings. The van der Waals surface area contributed by atoms with Crippen LogP contribution in [0.2, 0.25) is 0 Å². The first kappa shape index (κ1) is 22.2. The molecule has 2 fully saturated rings. The number of morpholine rings is 1. The molecule has 0 saturated carbocycles. The van der Waals surface area contributed by atoms with Gasteiger partial charge in [0.2, 0.25) is 0 Å². The highest BCUT2D eigenvalue weighted by Gasteiger charge is 2.37. The molecule has 1 aliphatic carbocycles. The van der Waals surface area contributed by atoms with Gasteiger partial charge in [0.05, 0.1) is 13.2 Å². The number of rotatable bonds is 4. The molecule has 6 rings (SSSR count). The zero-order chi connectivity index (χ0) is 23.7. The summed E-state index contributed by atoms with van der Waals surface area (Å²) < 4.78 is 5.56. The lowest BCUT2D eigenvalue weighted by Crippen LogP contribution is -2.36. The van der Waals surface area contributed by atoms with Gasteiger partial charge in [0.1, 0.15) is 5.76 Å². The molecule has 4 heteroatoms. The summed E-state index contributed by atoms with van der Waals surface area (Å²) in [5.41, 5.74) is 6.66. The van der Waals surface area contributed by atoms with Gasteiger partial charge in [-0.2, -0.15) is 0 Å². The van der Waals surface area contributed by atoms with E-state index in [1.165, 1.54) is 47.3 Å². The van der Waals surface area contributed by atoms with E-state index in [9.17, 15) is 5.11 Å². The van der Waals surface area contributed by atoms with E-state index in [0.717, 1.165) is 51.4 Å². The number of benzene rings is 3. The van der Waals surface area contributed by atoms with Gasteiger partial charge in [0.25, 0.3) is 0 Å². The molecule has 1 unspecified atom stereocenters. The Morgan fingerprint density at radius 1 is 0.686 bits per heavy atom. The van der Waals surface area contributed by atoms with E-state index < -0.39 is 5.41 Å². The van der Waals surface area contributed by atoms with E-state index in [1.54, 1.807) is 0 Å². The van der Waals surface area contributed by atoms with Crippen molar-refractivity contribution >= 4 is 17.1 Å². The van der Waals surface area contributed by atoms with Crippen LogP contribution in [0.15, 0.2) is 78.9 Å². The molecule has 0 spiro atoms. The molecule has 35 heavy (non-hydrogen) atoms. The molecule has 2 saturated heterocycles. The molecule has 3 aromatic carbocycles. The molecule has 3 aliphatic rings. The predicted octanol–water partition coefficient (Wildman–Crippen LogP) is 5.95. The third-order valence-electron chi connectivity index (χ3n) is 7.99. The smallest absolute Gasteiger partial charge is 0.120 e. The van der Waals surface area contributed by atoms with Gasteiger partial charge in [-0.15, -0.1) is 0 Å². The van der Waals surface area contributed by atoms with Crippen molar-refractivity contribution in [2.75, 3.05) is 49.2 Å². The zero-order valence-corrected chi connectivity index (χ0v) is 20.3. The summed E-state index contributed by atoms with van der Waals surface area (Å²) >= 11 is 0. The van der Waals surface area contributed by atoms with Gasteiger partial charge in [-0.25, -0.2) is 0 Å². The summed E-state index contributed by atoms with van der Waals surface area (Å²) in [4.78, 5) is 4.89. The monoisotopic (exact) mass is 466 g/mol. The number of allylic oxidation sites excluding steroid dienone is 1. The van der Waals surface area contributed by atoms with E-state index in [-0.39, 0.29) is 0 Å². The first-order valence-corrected chi connectivity index (χ1v) is 13.0. The average molecular weight is 467 g/mol. The summed E-state index contributed by atoms with van der Waals surface area (Å²) in [6, 6.07) is 26.3. The van der Waals surface area contributed by atoms with Crippen LogP contribution in [0.4, 0.5) is 11.4 Å². The zero-order valence-electron chi connectivity index (χ0n) is 20.3. The maximum absolute atomic E-state index is 11.3. The third kappa shape index (κ3) is 4.21. The largest absolute Gasteiger partial charge is 0.508 e. The fraction of sp³-hybridized carbons (Fsp3) is 0.355. The average Bonchev–Trinajstić information content (AvgIpc) is 2.94. The van der Waals surface area contributed by atoms with E-state index in [1.807, 2.05) is 0 Å². The van der Waals surface area contributed by atoms with Crippen molar-refractivity contribution in [3.8, 4) is 0 Å². The van der Waals surface area contributed by atoms with Crippen molar-refractivity contribution < 1.29 is 9.84 Å². The Labute approximate surface area is 208 Å². The van der Waals surface area contributed by atoms with Crippen LogP contribution in [0.3, 0.4) is 0 Å². The van der Waals surface area contributed by atoms with Crippen molar-refractivity contribution in [1.29, 1.82) is 0 Å². The summed E-state index contributed by atoms with van der Waals surface area (Å²) in [5.74, 6) is 0.365. The van der Waals surface area contributed by atoms with E-state index in [4.69, 9.17) is 4.74 Å². The van der Waals surface area contributed by atoms with Crippen LogP contribution in [-0.4, -0.2) is 44.5 Å². The number of nitrogens with zero attached hydrogens (tertiary/aromatic N) is 2. The van der Waals surface area contributed by atoms with Crippen molar-refractivity contribution in [3.63, 3.8) is 0 Å². The summed E-state index contributed by atoms with van der Waals surface area (Å²) in [5, 5.41) is 11.3. The molecule has 0 aromatic heterocycles. The van der Waals surface area contributed by atoms with Crippen molar-refractivity contribution in [2.45, 2.75) is 31.1 Å². The van der Waals surface area contributed by atoms with Crippen molar-refractivity contribution in [2.24, 2.45) is 0 Å². The van der Waals surface area contributed by atoms with Gasteiger partial charge >= 0.3 is 0 Å². The number of fused-ring (bicyclic) bond motifs is 1. The molecule has 1 N–H and O–H groups in total. The van der Waals surface area contributed by atoms with Crippen LogP contribution >= 0.6 is 0 Å². The first-order valence-electron chi connectivity index (χ1n) is 13.0. The third-order valence-corrected chi connectivity index (χ3v) is 7.99. The lowest BCUT2D eigenvalue weighted by Gasteiger charge is -2.38. The lowest BCUT2D eigenvalue weighted by atomic mass is 9.67. The van der Waals surface area contributed by atoms with Crippen LogP contribution in [0, 0.1) is 0 Å². The quantitative estimate of drug-likeness (QED) is 0.515. The Hall–Kier alpha value is -3.24. The Morgan fingerprint density at radius 2 is 1.34 bits per heavy atom. The number of aliphatic hydroxyl groups is 1. The minimum atomic E-state index is -0.414. The molecule has 2 heterocycles. The van der Waals surface area contributed by atoms with Gasteiger partial charge in [-0.1, -0.05) is 42.5 Å². The fourth-order valence-corrected chi connectivity index (χ4v) is 6.05. The van der Waals surface area contributed by atoms with Gasteiger partial charge in [-0.05, 0) is 78.8 Å². The number of anilines is 2. The second-order valence-electron chi connectivity index (χ2n) is 10.1. The molecule has 0 amide bonds. The number of hydrogen-bond donors (Lipinski definition) is 1. The van der Waals surface area contributed by atoms with Crippen LogP contribution in [-0.2, 0) is 16.6 Å². The van der Waals surface area contributed by atoms with Crippen LogP contribution in [0.25, 0.3) is 5.76 Å². The molecule has 0 bridgehead atoms. The minimum absolute atomic E-state index is 0.365. The summed E-state index contributed by atoms with van der Waals surface area (Å²) in [7, 11) is 0. The second kappa shape index (κ2) is 9.43. The highest BCUT2D eigenvalue weighted by molar-refractivity contribution is 5.72. The SMILES string of the molecule is OC1=CC(c2ccccc2)(c2ccc(N3CCCCC3)cc2)Cc2cc(N3CCOCC3)ccc21. The first-order chi connectivity index (χ1) is 17.2. The molecule has 180 valence electrons. The number of aliphatic hydroxyl groups excluding tert-OH is 1. The van der Waals surface area contributed by atoms with Crippen LogP contribution in [0.1, 0.15) is 41.5 Å². The Bertz CT molecular complexity index is 1190. The molecule has 2 aliphatic heterocycles. The second-order valence-corrected chi connectivity index (χ2v) is 10.1. The van der Waals surface area contributed by atoms with Gasteiger partial charge in [0, 0.05) is 48.5 Å². The summed E-state index contributed by atoms with van der Waals surface area (Å²) in [6.45, 7) is 5.62. The van der Waals surface area contributed by atoms with Gasteiger partial charge < -0.3 is 19.6 Å². The van der Waals surface area contributed by atoms with E-state index in [0.29, 0.717) is 5.76 Å². The molecule has 0 radical (unpaired) electrons. The standard InChI is InChI=1S/C31H34N2O2/c34-30-23-31(25-7-3-1-4-8-25,26-9-11-27(12-10-26)32-15-5-2-6-16-32)22-24-21-28(13-14-29(24)30)33-17-19-35-20-18-33/h1,3-4,7-14,21,23,34H,2,5-6,15-20,22H2.